The van der Waals surface area contributed by atoms with Crippen molar-refractivity contribution in [3.8, 4) is 0 Å². The van der Waals surface area contributed by atoms with E-state index in [-0.39, 0.29) is 5.70 Å². The van der Waals surface area contributed by atoms with Gasteiger partial charge < -0.3 is 5.11 Å². The van der Waals surface area contributed by atoms with Crippen LogP contribution < -0.4 is 5.48 Å². The van der Waals surface area contributed by atoms with Crippen LogP contribution in [0.5, 0.6) is 0 Å². The first-order valence-electron chi connectivity index (χ1n) is 3.43. The van der Waals surface area contributed by atoms with Crippen molar-refractivity contribution in [2.45, 2.75) is 25.9 Å². The van der Waals surface area contributed by atoms with Gasteiger partial charge in [0.25, 0.3) is 6.43 Å². The van der Waals surface area contributed by atoms with E-state index in [0.29, 0.717) is 0 Å². The highest BCUT2D eigenvalue weighted by molar-refractivity contribution is 5.02. The minimum atomic E-state index is -2.88. The van der Waals surface area contributed by atoms with Gasteiger partial charge in [0.15, 0.2) is 0 Å². The number of alkyl halides is 2. The molecule has 0 aliphatic carbocycles. The molecule has 0 saturated carbocycles. The molecule has 0 bridgehead atoms. The summed E-state index contributed by atoms with van der Waals surface area (Å²) in [5, 5.41) is 17.5. The van der Waals surface area contributed by atoms with E-state index in [1.807, 2.05) is 0 Å². The molecule has 5 heteroatoms. The normalized spacial score (nSPS) is 18.6. The van der Waals surface area contributed by atoms with E-state index in [1.165, 1.54) is 6.92 Å². The average Bonchev–Trinajstić information content (AvgIpc) is 2.01. The Morgan fingerprint density at radius 1 is 1.58 bits per heavy atom. The van der Waals surface area contributed by atoms with Gasteiger partial charge in [0, 0.05) is 11.6 Å². The Morgan fingerprint density at radius 2 is 2.00 bits per heavy atom. The summed E-state index contributed by atoms with van der Waals surface area (Å²) < 4.78 is 24.3. The lowest BCUT2D eigenvalue weighted by Crippen LogP contribution is -2.43. The molecule has 0 fully saturated rings. The van der Waals surface area contributed by atoms with Gasteiger partial charge in [0.1, 0.15) is 5.60 Å². The third-order valence-corrected chi connectivity index (χ3v) is 1.98. The molecule has 0 amide bonds. The Kier molecular flexibility index (Phi) is 3.60. The molecule has 0 aliphatic heterocycles. The number of halogens is 2. The lowest BCUT2D eigenvalue weighted by Gasteiger charge is -2.29. The molecule has 72 valence electrons. The number of rotatable bonds is 4. The molecule has 2 unspecified atom stereocenters. The molecule has 3 nitrogen and oxygen atoms in total. The summed E-state index contributed by atoms with van der Waals surface area (Å²) in [6, 6.07) is 0. The second-order valence-electron chi connectivity index (χ2n) is 2.89. The third kappa shape index (κ3) is 2.15. The smallest absolute Gasteiger partial charge is 0.267 e. The van der Waals surface area contributed by atoms with Crippen molar-refractivity contribution in [1.29, 1.82) is 0 Å². The van der Waals surface area contributed by atoms with Gasteiger partial charge in [-0.25, -0.2) is 8.78 Å². The van der Waals surface area contributed by atoms with Gasteiger partial charge in [-0.3, -0.25) is 10.7 Å². The molecule has 12 heavy (non-hydrogen) atoms. The van der Waals surface area contributed by atoms with Crippen molar-refractivity contribution in [3.63, 3.8) is 0 Å². The first kappa shape index (κ1) is 11.3. The summed E-state index contributed by atoms with van der Waals surface area (Å²) in [4.78, 5) is 0. The van der Waals surface area contributed by atoms with Crippen molar-refractivity contribution in [3.05, 3.63) is 12.3 Å². The highest BCUT2D eigenvalue weighted by atomic mass is 19.3. The second-order valence-corrected chi connectivity index (χ2v) is 2.89. The maximum atomic E-state index is 12.2. The van der Waals surface area contributed by atoms with Crippen molar-refractivity contribution in [2.75, 3.05) is 0 Å². The van der Waals surface area contributed by atoms with Crippen LogP contribution in [0.4, 0.5) is 8.78 Å². The highest BCUT2D eigenvalue weighted by Crippen LogP contribution is 2.27. The fraction of sp³-hybridized carbons (Fsp3) is 0.714. The first-order chi connectivity index (χ1) is 5.34. The van der Waals surface area contributed by atoms with Crippen LogP contribution in [0, 0.1) is 5.92 Å². The average molecular weight is 181 g/mol. The number of hydrogen-bond donors (Lipinski definition) is 3. The van der Waals surface area contributed by atoms with Gasteiger partial charge in [-0.15, -0.1) is 0 Å². The lowest BCUT2D eigenvalue weighted by atomic mass is 9.89. The molecule has 3 N–H and O–H groups in total. The monoisotopic (exact) mass is 181 g/mol. The zero-order valence-corrected chi connectivity index (χ0v) is 7.01. The van der Waals surface area contributed by atoms with E-state index < -0.39 is 17.9 Å². The number of hydroxylamine groups is 1. The Hall–Kier alpha value is -0.680. The van der Waals surface area contributed by atoms with Gasteiger partial charge in [-0.2, -0.15) is 0 Å². The number of hydrogen-bond acceptors (Lipinski definition) is 3. The van der Waals surface area contributed by atoms with Gasteiger partial charge in [0.05, 0.1) is 0 Å². The van der Waals surface area contributed by atoms with Crippen molar-refractivity contribution >= 4 is 0 Å². The van der Waals surface area contributed by atoms with Gasteiger partial charge in [0.2, 0.25) is 0 Å². The maximum Gasteiger partial charge on any atom is 0.267 e. The molecule has 0 heterocycles. The Balaban J connectivity index is 4.45. The molecule has 2 atom stereocenters. The third-order valence-electron chi connectivity index (χ3n) is 1.98. The zero-order chi connectivity index (χ0) is 9.94. The largest absolute Gasteiger partial charge is 0.384 e. The van der Waals surface area contributed by atoms with Crippen molar-refractivity contribution in [2.24, 2.45) is 5.92 Å². The topological polar surface area (TPSA) is 52.5 Å². The van der Waals surface area contributed by atoms with E-state index in [2.05, 4.69) is 6.58 Å². The molecule has 0 aliphatic rings. The van der Waals surface area contributed by atoms with Gasteiger partial charge in [-0.05, 0) is 6.92 Å². The zero-order valence-electron chi connectivity index (χ0n) is 7.01. The molecule has 0 spiro atoms. The van der Waals surface area contributed by atoms with Crippen LogP contribution in [0.2, 0.25) is 0 Å². The molecule has 0 rings (SSSR count). The molecule has 0 radical (unpaired) electrons. The van der Waals surface area contributed by atoms with Crippen LogP contribution in [0.3, 0.4) is 0 Å². The second kappa shape index (κ2) is 3.82. The van der Waals surface area contributed by atoms with Crippen LogP contribution in [-0.2, 0) is 0 Å². The van der Waals surface area contributed by atoms with E-state index in [4.69, 9.17) is 5.21 Å². The Morgan fingerprint density at radius 3 is 2.25 bits per heavy atom. The van der Waals surface area contributed by atoms with E-state index in [1.54, 1.807) is 5.48 Å². The maximum absolute atomic E-state index is 12.2. The van der Waals surface area contributed by atoms with E-state index in [9.17, 15) is 13.9 Å². The Bertz CT molecular complexity index is 171. The fourth-order valence-electron chi connectivity index (χ4n) is 0.639. The quantitative estimate of drug-likeness (QED) is 0.570. The molecule has 0 aromatic carbocycles. The molecule has 0 saturated heterocycles. The summed E-state index contributed by atoms with van der Waals surface area (Å²) in [5.74, 6) is -0.928. The minimum absolute atomic E-state index is 0.0414. The number of aliphatic hydroxyl groups is 1. The van der Waals surface area contributed by atoms with Crippen LogP contribution in [-0.4, -0.2) is 22.3 Å². The van der Waals surface area contributed by atoms with Crippen molar-refractivity contribution in [1.82, 2.24) is 5.48 Å². The Labute approximate surface area is 69.7 Å². The predicted octanol–water partition coefficient (Wildman–Crippen LogP) is 1.13. The highest BCUT2D eigenvalue weighted by Gasteiger charge is 2.39. The summed E-state index contributed by atoms with van der Waals surface area (Å²) in [6.45, 7) is 5.60. The molecule has 0 aromatic heterocycles. The molecule has 0 aromatic rings. The summed E-state index contributed by atoms with van der Waals surface area (Å²) in [5.41, 5.74) is -0.577. The first-order valence-corrected chi connectivity index (χ1v) is 3.43. The van der Waals surface area contributed by atoms with Crippen LogP contribution in [0.15, 0.2) is 12.3 Å². The van der Waals surface area contributed by atoms with E-state index in [0.717, 1.165) is 6.92 Å². The summed E-state index contributed by atoms with van der Waals surface area (Å²) in [7, 11) is 0. The van der Waals surface area contributed by atoms with Crippen LogP contribution in [0.1, 0.15) is 13.8 Å². The van der Waals surface area contributed by atoms with Crippen LogP contribution in [0.25, 0.3) is 0 Å². The molecular weight excluding hydrogens is 168 g/mol. The van der Waals surface area contributed by atoms with Crippen LogP contribution >= 0.6 is 0 Å². The lowest BCUT2D eigenvalue weighted by molar-refractivity contribution is -0.111. The summed E-state index contributed by atoms with van der Waals surface area (Å²) in [6.07, 6.45) is -2.88. The fourth-order valence-corrected chi connectivity index (χ4v) is 0.639. The summed E-state index contributed by atoms with van der Waals surface area (Å²) >= 11 is 0. The SMILES string of the molecule is C=C(NO)C(C)C(C)(O)C(F)F. The number of nitrogens with one attached hydrogen (secondary N) is 1. The predicted molar refractivity (Wildman–Crippen MR) is 39.9 cm³/mol. The van der Waals surface area contributed by atoms with Crippen molar-refractivity contribution < 1.29 is 19.1 Å². The minimum Gasteiger partial charge on any atom is -0.384 e. The molecular formula is C7H13F2NO2. The van der Waals surface area contributed by atoms with Gasteiger partial charge >= 0.3 is 0 Å². The van der Waals surface area contributed by atoms with E-state index >= 15 is 0 Å². The standard InChI is InChI=1S/C7H13F2NO2/c1-4(5(2)10-12)7(3,11)6(8)9/h4,6,10-12H,2H2,1,3H3. The van der Waals surface area contributed by atoms with Gasteiger partial charge in [-0.1, -0.05) is 13.5 Å².